The predicted molar refractivity (Wildman–Crippen MR) is 86.0 cm³/mol. The molecule has 4 heteroatoms. The number of ether oxygens (including phenoxy) is 2. The molecule has 1 aromatic carbocycles. The van der Waals surface area contributed by atoms with Crippen molar-refractivity contribution >= 4 is 0 Å². The van der Waals surface area contributed by atoms with Gasteiger partial charge >= 0.3 is 0 Å². The lowest BCUT2D eigenvalue weighted by molar-refractivity contribution is 0.141. The molecule has 0 spiro atoms. The van der Waals surface area contributed by atoms with E-state index in [0.717, 1.165) is 30.0 Å². The van der Waals surface area contributed by atoms with Crippen molar-refractivity contribution in [2.45, 2.75) is 51.2 Å². The Morgan fingerprint density at radius 2 is 1.95 bits per heavy atom. The van der Waals surface area contributed by atoms with E-state index in [1.807, 2.05) is 12.1 Å². The fourth-order valence-corrected chi connectivity index (χ4v) is 3.35. The van der Waals surface area contributed by atoms with E-state index in [1.54, 1.807) is 14.2 Å². The lowest BCUT2D eigenvalue weighted by Gasteiger charge is -2.37. The monoisotopic (exact) mass is 292 g/mol. The average Bonchev–Trinajstić information content (AvgIpc) is 2.67. The van der Waals surface area contributed by atoms with Crippen LogP contribution in [0.4, 0.5) is 0 Å². The molecule has 2 rings (SSSR count). The topological polar surface area (TPSA) is 47.7 Å². The molecule has 1 saturated heterocycles. The summed E-state index contributed by atoms with van der Waals surface area (Å²) in [4.78, 5) is 2.50. The molecule has 1 fully saturated rings. The molecule has 0 amide bonds. The fourth-order valence-electron chi connectivity index (χ4n) is 3.35. The van der Waals surface area contributed by atoms with Crippen LogP contribution >= 0.6 is 0 Å². The van der Waals surface area contributed by atoms with Gasteiger partial charge in [0.15, 0.2) is 11.5 Å². The summed E-state index contributed by atoms with van der Waals surface area (Å²) in [5.74, 6) is 1.59. The van der Waals surface area contributed by atoms with Crippen LogP contribution in [0.2, 0.25) is 0 Å². The second kappa shape index (κ2) is 7.14. The fraction of sp³-hybridized carbons (Fsp3) is 0.647. The van der Waals surface area contributed by atoms with Crippen LogP contribution in [-0.4, -0.2) is 37.7 Å². The van der Waals surface area contributed by atoms with Gasteiger partial charge in [-0.15, -0.1) is 0 Å². The average molecular weight is 292 g/mol. The molecule has 0 radical (unpaired) electrons. The molecule has 1 aliphatic heterocycles. The number of nitrogens with two attached hydrogens (primary N) is 1. The van der Waals surface area contributed by atoms with Crippen LogP contribution in [-0.2, 0) is 0 Å². The Bertz CT molecular complexity index is 462. The summed E-state index contributed by atoms with van der Waals surface area (Å²) in [6, 6.07) is 6.83. The van der Waals surface area contributed by atoms with E-state index in [4.69, 9.17) is 15.2 Å². The Labute approximate surface area is 128 Å². The van der Waals surface area contributed by atoms with Crippen molar-refractivity contribution in [2.24, 2.45) is 5.73 Å². The minimum Gasteiger partial charge on any atom is -0.493 e. The zero-order valence-electron chi connectivity index (χ0n) is 13.6. The van der Waals surface area contributed by atoms with Crippen molar-refractivity contribution in [3.05, 3.63) is 23.8 Å². The SMILES string of the molecule is COc1cccc(C2C(N)CCCCN2C(C)C)c1OC. The summed E-state index contributed by atoms with van der Waals surface area (Å²) in [7, 11) is 3.37. The Morgan fingerprint density at radius 1 is 1.19 bits per heavy atom. The zero-order chi connectivity index (χ0) is 15.4. The smallest absolute Gasteiger partial charge is 0.165 e. The number of likely N-dealkylation sites (tertiary alicyclic amines) is 1. The lowest BCUT2D eigenvalue weighted by atomic mass is 9.94. The molecule has 0 bridgehead atoms. The highest BCUT2D eigenvalue weighted by Gasteiger charge is 2.33. The zero-order valence-corrected chi connectivity index (χ0v) is 13.6. The van der Waals surface area contributed by atoms with Crippen LogP contribution in [0.25, 0.3) is 0 Å². The molecule has 118 valence electrons. The minimum atomic E-state index is 0.121. The van der Waals surface area contributed by atoms with Gasteiger partial charge in [0.25, 0.3) is 0 Å². The van der Waals surface area contributed by atoms with Crippen LogP contribution in [0, 0.1) is 0 Å². The molecule has 2 atom stereocenters. The standard InChI is InChI=1S/C17H28N2O2/c1-12(2)19-11-6-5-9-14(18)16(19)13-8-7-10-15(20-3)17(13)21-4/h7-8,10,12,14,16H,5-6,9,11,18H2,1-4H3. The van der Waals surface area contributed by atoms with Crippen LogP contribution < -0.4 is 15.2 Å². The van der Waals surface area contributed by atoms with Crippen LogP contribution in [0.1, 0.15) is 44.7 Å². The Kier molecular flexibility index (Phi) is 5.48. The third-order valence-corrected chi connectivity index (χ3v) is 4.38. The van der Waals surface area contributed by atoms with Crippen molar-refractivity contribution in [1.82, 2.24) is 4.90 Å². The third kappa shape index (κ3) is 3.33. The largest absolute Gasteiger partial charge is 0.493 e. The van der Waals surface area contributed by atoms with Gasteiger partial charge in [-0.25, -0.2) is 0 Å². The summed E-state index contributed by atoms with van der Waals surface area (Å²) >= 11 is 0. The van der Waals surface area contributed by atoms with Crippen molar-refractivity contribution in [3.8, 4) is 11.5 Å². The van der Waals surface area contributed by atoms with E-state index in [-0.39, 0.29) is 12.1 Å². The minimum absolute atomic E-state index is 0.121. The molecular formula is C17H28N2O2. The van der Waals surface area contributed by atoms with Gasteiger partial charge in [-0.1, -0.05) is 18.6 Å². The maximum Gasteiger partial charge on any atom is 0.165 e. The molecule has 0 saturated carbocycles. The molecule has 21 heavy (non-hydrogen) atoms. The summed E-state index contributed by atoms with van der Waals surface area (Å²) in [6.07, 6.45) is 3.44. The second-order valence-corrected chi connectivity index (χ2v) is 6.02. The summed E-state index contributed by atoms with van der Waals surface area (Å²) in [5, 5.41) is 0. The highest BCUT2D eigenvalue weighted by Crippen LogP contribution is 2.40. The quantitative estimate of drug-likeness (QED) is 0.927. The van der Waals surface area contributed by atoms with Gasteiger partial charge in [0.1, 0.15) is 0 Å². The van der Waals surface area contributed by atoms with E-state index in [0.29, 0.717) is 6.04 Å². The lowest BCUT2D eigenvalue weighted by Crippen LogP contribution is -2.43. The van der Waals surface area contributed by atoms with Crippen LogP contribution in [0.5, 0.6) is 11.5 Å². The maximum atomic E-state index is 6.52. The first-order chi connectivity index (χ1) is 10.1. The molecule has 0 aromatic heterocycles. The molecule has 4 nitrogen and oxygen atoms in total. The molecule has 1 aliphatic rings. The van der Waals surface area contributed by atoms with Crippen LogP contribution in [0.15, 0.2) is 18.2 Å². The highest BCUT2D eigenvalue weighted by molar-refractivity contribution is 5.48. The first kappa shape index (κ1) is 16.1. The molecule has 0 aliphatic carbocycles. The number of nitrogens with zero attached hydrogens (tertiary/aromatic N) is 1. The number of hydrogen-bond acceptors (Lipinski definition) is 4. The molecule has 2 N–H and O–H groups in total. The van der Waals surface area contributed by atoms with Gasteiger partial charge in [0.05, 0.1) is 20.3 Å². The van der Waals surface area contributed by atoms with Gasteiger partial charge in [-0.2, -0.15) is 0 Å². The molecule has 2 unspecified atom stereocenters. The van der Waals surface area contributed by atoms with E-state index in [9.17, 15) is 0 Å². The number of para-hydroxylation sites is 1. The van der Waals surface area contributed by atoms with E-state index in [2.05, 4.69) is 24.8 Å². The van der Waals surface area contributed by atoms with Gasteiger partial charge in [0, 0.05) is 17.6 Å². The molecular weight excluding hydrogens is 264 g/mol. The first-order valence-corrected chi connectivity index (χ1v) is 7.82. The molecule has 1 aromatic rings. The Balaban J connectivity index is 2.48. The van der Waals surface area contributed by atoms with E-state index >= 15 is 0 Å². The number of hydrogen-bond donors (Lipinski definition) is 1. The summed E-state index contributed by atoms with van der Waals surface area (Å²) in [6.45, 7) is 5.55. The van der Waals surface area contributed by atoms with Gasteiger partial charge in [-0.05, 0) is 39.3 Å². The highest BCUT2D eigenvalue weighted by atomic mass is 16.5. The molecule has 1 heterocycles. The maximum absolute atomic E-state index is 6.52. The summed E-state index contributed by atoms with van der Waals surface area (Å²) < 4.78 is 11.1. The number of methoxy groups -OCH3 is 2. The summed E-state index contributed by atoms with van der Waals surface area (Å²) in [5.41, 5.74) is 7.66. The number of rotatable bonds is 4. The second-order valence-electron chi connectivity index (χ2n) is 6.02. The van der Waals surface area contributed by atoms with Gasteiger partial charge < -0.3 is 15.2 Å². The van der Waals surface area contributed by atoms with E-state index in [1.165, 1.54) is 12.8 Å². The van der Waals surface area contributed by atoms with Crippen molar-refractivity contribution in [3.63, 3.8) is 0 Å². The van der Waals surface area contributed by atoms with Crippen molar-refractivity contribution in [2.75, 3.05) is 20.8 Å². The Hall–Kier alpha value is -1.26. The normalized spacial score (nSPS) is 23.9. The Morgan fingerprint density at radius 3 is 2.57 bits per heavy atom. The van der Waals surface area contributed by atoms with Gasteiger partial charge in [-0.3, -0.25) is 4.90 Å². The first-order valence-electron chi connectivity index (χ1n) is 7.82. The van der Waals surface area contributed by atoms with Gasteiger partial charge in [0.2, 0.25) is 0 Å². The third-order valence-electron chi connectivity index (χ3n) is 4.38. The predicted octanol–water partition coefficient (Wildman–Crippen LogP) is 2.97. The van der Waals surface area contributed by atoms with E-state index < -0.39 is 0 Å². The number of benzene rings is 1. The van der Waals surface area contributed by atoms with Crippen molar-refractivity contribution < 1.29 is 9.47 Å². The van der Waals surface area contributed by atoms with Crippen LogP contribution in [0.3, 0.4) is 0 Å². The van der Waals surface area contributed by atoms with Crippen molar-refractivity contribution in [1.29, 1.82) is 0 Å².